The van der Waals surface area contributed by atoms with Crippen molar-refractivity contribution in [3.8, 4) is 33.9 Å². The lowest BCUT2D eigenvalue weighted by atomic mass is 10.0. The second-order valence-corrected chi connectivity index (χ2v) is 9.74. The summed E-state index contributed by atoms with van der Waals surface area (Å²) >= 11 is 0. The van der Waals surface area contributed by atoms with Gasteiger partial charge in [-0.05, 0) is 35.9 Å². The molecule has 3 N–H and O–H groups in total. The summed E-state index contributed by atoms with van der Waals surface area (Å²) in [7, 11) is 0. The number of aromatic nitrogens is 6. The molecule has 0 fully saturated rings. The van der Waals surface area contributed by atoms with E-state index in [0.717, 1.165) is 5.56 Å². The first kappa shape index (κ1) is 25.2. The number of rotatable bonds is 6. The molecular formula is C32H21F2N7O. The Morgan fingerprint density at radius 1 is 0.833 bits per heavy atom. The van der Waals surface area contributed by atoms with E-state index in [-0.39, 0.29) is 17.9 Å². The average Bonchev–Trinajstić information content (AvgIpc) is 3.61. The molecule has 7 rings (SSSR count). The van der Waals surface area contributed by atoms with E-state index in [4.69, 9.17) is 4.98 Å². The predicted octanol–water partition coefficient (Wildman–Crippen LogP) is 6.69. The number of imidazole rings is 1. The number of amides is 1. The van der Waals surface area contributed by atoms with E-state index in [2.05, 4.69) is 30.5 Å². The number of anilines is 1. The third kappa shape index (κ3) is 4.64. The molecule has 10 heteroatoms. The summed E-state index contributed by atoms with van der Waals surface area (Å²) in [4.78, 5) is 29.1. The van der Waals surface area contributed by atoms with E-state index < -0.39 is 11.6 Å². The van der Waals surface area contributed by atoms with Crippen molar-refractivity contribution in [2.24, 2.45) is 0 Å². The number of aromatic amines is 2. The number of pyridine rings is 2. The van der Waals surface area contributed by atoms with Crippen LogP contribution in [-0.4, -0.2) is 36.0 Å². The van der Waals surface area contributed by atoms with Crippen molar-refractivity contribution < 1.29 is 13.6 Å². The van der Waals surface area contributed by atoms with Crippen LogP contribution in [0.25, 0.3) is 55.8 Å². The Kier molecular flexibility index (Phi) is 6.20. The molecule has 0 bridgehead atoms. The fraction of sp³-hybridized carbons (Fsp3) is 0.0312. The summed E-state index contributed by atoms with van der Waals surface area (Å²) in [6.45, 7) is 0. The molecule has 0 saturated carbocycles. The molecule has 1 amide bonds. The topological polar surface area (TPSA) is 112 Å². The number of halogens is 2. The van der Waals surface area contributed by atoms with Gasteiger partial charge in [-0.3, -0.25) is 19.9 Å². The molecule has 0 aliphatic carbocycles. The van der Waals surface area contributed by atoms with Crippen LogP contribution in [0.1, 0.15) is 5.56 Å². The number of H-pyrrole nitrogens is 2. The predicted molar refractivity (Wildman–Crippen MR) is 156 cm³/mol. The molecule has 0 spiro atoms. The molecule has 0 atom stereocenters. The average molecular weight is 558 g/mol. The van der Waals surface area contributed by atoms with Crippen LogP contribution in [0.15, 0.2) is 97.5 Å². The molecule has 7 aromatic rings. The van der Waals surface area contributed by atoms with Gasteiger partial charge in [0.25, 0.3) is 0 Å². The zero-order valence-corrected chi connectivity index (χ0v) is 21.9. The fourth-order valence-corrected chi connectivity index (χ4v) is 4.98. The number of hydrogen-bond donors (Lipinski definition) is 3. The van der Waals surface area contributed by atoms with Gasteiger partial charge < -0.3 is 10.3 Å². The van der Waals surface area contributed by atoms with Gasteiger partial charge in [0.1, 0.15) is 28.5 Å². The number of hydrogen-bond acceptors (Lipinski definition) is 5. The van der Waals surface area contributed by atoms with Crippen LogP contribution < -0.4 is 5.32 Å². The molecule has 4 heterocycles. The molecule has 204 valence electrons. The van der Waals surface area contributed by atoms with Crippen LogP contribution in [0.5, 0.6) is 0 Å². The largest absolute Gasteiger partial charge is 0.336 e. The van der Waals surface area contributed by atoms with E-state index in [1.54, 1.807) is 42.6 Å². The number of carbonyl (C=O) groups is 1. The number of benzene rings is 3. The Balaban J connectivity index is 1.24. The van der Waals surface area contributed by atoms with Crippen molar-refractivity contribution in [2.75, 3.05) is 5.32 Å². The van der Waals surface area contributed by atoms with Gasteiger partial charge in [-0.1, -0.05) is 42.5 Å². The fourth-order valence-electron chi connectivity index (χ4n) is 4.98. The van der Waals surface area contributed by atoms with Crippen molar-refractivity contribution >= 4 is 33.5 Å². The quantitative estimate of drug-likeness (QED) is 0.211. The normalized spacial score (nSPS) is 11.3. The lowest BCUT2D eigenvalue weighted by Crippen LogP contribution is -2.14. The van der Waals surface area contributed by atoms with Gasteiger partial charge in [-0.15, -0.1) is 0 Å². The first-order chi connectivity index (χ1) is 20.5. The Bertz CT molecular complexity index is 2100. The zero-order chi connectivity index (χ0) is 28.6. The molecule has 0 saturated heterocycles. The standard InChI is InChI=1S/C32H21F2N7O/c33-24-9-5-4-8-21(24)29-31-26(10-11-36-29)38-32(39-31)30-23-14-22(25(34)15-27(23)40-41-30)19-13-20(17-35-16-19)37-28(42)12-18-6-2-1-3-7-18/h1-11,13-17H,12H2,(H,37,42)(H,38,39)(H,40,41). The van der Waals surface area contributed by atoms with Crippen molar-refractivity contribution in [3.05, 3.63) is 115 Å². The summed E-state index contributed by atoms with van der Waals surface area (Å²) in [5.74, 6) is -0.677. The molecule has 8 nitrogen and oxygen atoms in total. The highest BCUT2D eigenvalue weighted by atomic mass is 19.1. The van der Waals surface area contributed by atoms with Gasteiger partial charge in [0, 0.05) is 40.5 Å². The maximum absolute atomic E-state index is 15.3. The molecular weight excluding hydrogens is 536 g/mol. The summed E-state index contributed by atoms with van der Waals surface area (Å²) in [6, 6.07) is 22.2. The minimum absolute atomic E-state index is 0.204. The molecule has 42 heavy (non-hydrogen) atoms. The second-order valence-electron chi connectivity index (χ2n) is 9.74. The summed E-state index contributed by atoms with van der Waals surface area (Å²) in [5, 5.41) is 10.7. The SMILES string of the molecule is O=C(Cc1ccccc1)Nc1cncc(-c2cc3c(-c4nc5c(-c6ccccc6F)nccc5[nH]4)n[nH]c3cc2F)c1. The molecule has 0 aliphatic heterocycles. The minimum atomic E-state index is -0.483. The van der Waals surface area contributed by atoms with Crippen LogP contribution in [0.4, 0.5) is 14.5 Å². The second kappa shape index (κ2) is 10.3. The Hall–Kier alpha value is -5.77. The lowest BCUT2D eigenvalue weighted by Gasteiger charge is -2.08. The van der Waals surface area contributed by atoms with Crippen molar-refractivity contribution in [1.29, 1.82) is 0 Å². The first-order valence-corrected chi connectivity index (χ1v) is 13.1. The molecule has 4 aromatic heterocycles. The van der Waals surface area contributed by atoms with Crippen molar-refractivity contribution in [1.82, 2.24) is 30.1 Å². The van der Waals surface area contributed by atoms with E-state index in [1.807, 2.05) is 30.3 Å². The van der Waals surface area contributed by atoms with Gasteiger partial charge in [-0.2, -0.15) is 5.10 Å². The Morgan fingerprint density at radius 3 is 2.52 bits per heavy atom. The summed E-state index contributed by atoms with van der Waals surface area (Å²) in [5.41, 5.74) is 4.89. The maximum Gasteiger partial charge on any atom is 0.228 e. The highest BCUT2D eigenvalue weighted by molar-refractivity contribution is 5.98. The van der Waals surface area contributed by atoms with Crippen LogP contribution in [0.3, 0.4) is 0 Å². The molecule has 0 aliphatic rings. The Morgan fingerprint density at radius 2 is 1.67 bits per heavy atom. The van der Waals surface area contributed by atoms with Crippen LogP contribution in [-0.2, 0) is 11.2 Å². The van der Waals surface area contributed by atoms with E-state index >= 15 is 4.39 Å². The summed E-state index contributed by atoms with van der Waals surface area (Å²) < 4.78 is 29.9. The Labute approximate surface area is 237 Å². The highest BCUT2D eigenvalue weighted by Crippen LogP contribution is 2.34. The highest BCUT2D eigenvalue weighted by Gasteiger charge is 2.19. The number of fused-ring (bicyclic) bond motifs is 2. The first-order valence-electron chi connectivity index (χ1n) is 13.1. The van der Waals surface area contributed by atoms with Gasteiger partial charge >= 0.3 is 0 Å². The van der Waals surface area contributed by atoms with Gasteiger partial charge in [0.05, 0.1) is 29.3 Å². The monoisotopic (exact) mass is 557 g/mol. The van der Waals surface area contributed by atoms with Gasteiger partial charge in [0.2, 0.25) is 5.91 Å². The molecule has 3 aromatic carbocycles. The third-order valence-electron chi connectivity index (χ3n) is 6.95. The van der Waals surface area contributed by atoms with Crippen molar-refractivity contribution in [3.63, 3.8) is 0 Å². The van der Waals surface area contributed by atoms with Gasteiger partial charge in [-0.25, -0.2) is 13.8 Å². The minimum Gasteiger partial charge on any atom is -0.336 e. The van der Waals surface area contributed by atoms with Gasteiger partial charge in [0.15, 0.2) is 5.82 Å². The number of carbonyl (C=O) groups excluding carboxylic acids is 1. The lowest BCUT2D eigenvalue weighted by molar-refractivity contribution is -0.115. The third-order valence-corrected chi connectivity index (χ3v) is 6.95. The van der Waals surface area contributed by atoms with Crippen LogP contribution in [0.2, 0.25) is 0 Å². The van der Waals surface area contributed by atoms with E-state index in [1.165, 1.54) is 24.5 Å². The summed E-state index contributed by atoms with van der Waals surface area (Å²) in [6.07, 6.45) is 4.84. The molecule has 0 radical (unpaired) electrons. The number of nitrogens with one attached hydrogen (secondary N) is 3. The molecule has 0 unspecified atom stereocenters. The maximum atomic E-state index is 15.3. The van der Waals surface area contributed by atoms with Crippen LogP contribution in [0, 0.1) is 11.6 Å². The van der Waals surface area contributed by atoms with E-state index in [9.17, 15) is 9.18 Å². The van der Waals surface area contributed by atoms with Crippen LogP contribution >= 0.6 is 0 Å². The zero-order valence-electron chi connectivity index (χ0n) is 21.9. The smallest absolute Gasteiger partial charge is 0.228 e. The number of nitrogens with zero attached hydrogens (tertiary/aromatic N) is 4. The van der Waals surface area contributed by atoms with E-state index in [0.29, 0.717) is 56.0 Å². The van der Waals surface area contributed by atoms with Crippen molar-refractivity contribution in [2.45, 2.75) is 6.42 Å².